The lowest BCUT2D eigenvalue weighted by Crippen LogP contribution is -2.32. The molecule has 2 aromatic rings. The van der Waals surface area contributed by atoms with Crippen molar-refractivity contribution in [2.24, 2.45) is 5.73 Å². The number of nitrogens with zero attached hydrogens (tertiary/aromatic N) is 1. The third kappa shape index (κ3) is 4.62. The Labute approximate surface area is 166 Å². The van der Waals surface area contributed by atoms with E-state index < -0.39 is 0 Å². The molecule has 0 aliphatic carbocycles. The predicted molar refractivity (Wildman–Crippen MR) is 109 cm³/mol. The van der Waals surface area contributed by atoms with Gasteiger partial charge in [-0.05, 0) is 23.8 Å². The first-order valence-electron chi connectivity index (χ1n) is 8.65. The quantitative estimate of drug-likeness (QED) is 0.771. The van der Waals surface area contributed by atoms with Crippen LogP contribution in [0.25, 0.3) is 0 Å². The summed E-state index contributed by atoms with van der Waals surface area (Å²) in [5, 5.41) is 0. The third-order valence-electron chi connectivity index (χ3n) is 4.65. The molecule has 1 amide bonds. The number of carbonyl (C=O) groups excluding carboxylic acids is 1. The van der Waals surface area contributed by atoms with Crippen LogP contribution in [-0.2, 0) is 0 Å². The van der Waals surface area contributed by atoms with E-state index in [0.29, 0.717) is 36.8 Å². The van der Waals surface area contributed by atoms with E-state index in [1.54, 1.807) is 36.3 Å². The summed E-state index contributed by atoms with van der Waals surface area (Å²) in [6, 6.07) is 15.3. The van der Waals surface area contributed by atoms with Crippen LogP contribution < -0.4 is 15.2 Å². The number of hydrogen-bond donors (Lipinski definition) is 1. The van der Waals surface area contributed by atoms with Crippen LogP contribution >= 0.6 is 12.4 Å². The molecule has 2 N–H and O–H groups in total. The minimum atomic E-state index is -0.0709. The summed E-state index contributed by atoms with van der Waals surface area (Å²) in [5.74, 6) is 1.22. The second-order valence-electron chi connectivity index (χ2n) is 6.36. The molecule has 0 aromatic heterocycles. The Kier molecular flexibility index (Phi) is 7.28. The number of hydrogen-bond acceptors (Lipinski definition) is 4. The number of carbonyl (C=O) groups is 1. The Morgan fingerprint density at radius 1 is 1.22 bits per heavy atom. The second kappa shape index (κ2) is 9.44. The lowest BCUT2D eigenvalue weighted by Gasteiger charge is -2.18. The van der Waals surface area contributed by atoms with Crippen LogP contribution in [0, 0.1) is 0 Å². The topological polar surface area (TPSA) is 64.8 Å². The zero-order valence-corrected chi connectivity index (χ0v) is 16.2. The smallest absolute Gasteiger partial charge is 0.254 e. The number of amides is 1. The highest BCUT2D eigenvalue weighted by Crippen LogP contribution is 2.31. The maximum atomic E-state index is 12.9. The maximum absolute atomic E-state index is 12.9. The summed E-state index contributed by atoms with van der Waals surface area (Å²) in [6.07, 6.45) is 1.66. The van der Waals surface area contributed by atoms with Crippen molar-refractivity contribution in [2.75, 3.05) is 26.8 Å². The first-order chi connectivity index (χ1) is 12.6. The van der Waals surface area contributed by atoms with Crippen LogP contribution in [0.15, 0.2) is 61.2 Å². The molecule has 0 radical (unpaired) electrons. The fraction of sp³-hybridized carbons (Fsp3) is 0.286. The van der Waals surface area contributed by atoms with Gasteiger partial charge in [0.15, 0.2) is 11.5 Å². The Balaban J connectivity index is 0.00000261. The summed E-state index contributed by atoms with van der Waals surface area (Å²) < 4.78 is 10.9. The van der Waals surface area contributed by atoms with Gasteiger partial charge in [0, 0.05) is 30.6 Å². The van der Waals surface area contributed by atoms with E-state index in [9.17, 15) is 4.79 Å². The highest BCUT2D eigenvalue weighted by atomic mass is 35.5. The zero-order chi connectivity index (χ0) is 18.5. The zero-order valence-electron chi connectivity index (χ0n) is 15.3. The van der Waals surface area contributed by atoms with Crippen molar-refractivity contribution in [3.05, 3.63) is 72.3 Å². The van der Waals surface area contributed by atoms with Crippen molar-refractivity contribution in [2.45, 2.75) is 12.0 Å². The van der Waals surface area contributed by atoms with Crippen LogP contribution in [-0.4, -0.2) is 43.7 Å². The van der Waals surface area contributed by atoms with Crippen LogP contribution in [0.5, 0.6) is 11.5 Å². The van der Waals surface area contributed by atoms with Gasteiger partial charge in [-0.3, -0.25) is 4.79 Å². The fourth-order valence-corrected chi connectivity index (χ4v) is 3.30. The largest absolute Gasteiger partial charge is 0.493 e. The van der Waals surface area contributed by atoms with Gasteiger partial charge in [0.1, 0.15) is 6.61 Å². The van der Waals surface area contributed by atoms with Crippen molar-refractivity contribution >= 4 is 18.3 Å². The Bertz CT molecular complexity index is 782. The molecule has 27 heavy (non-hydrogen) atoms. The van der Waals surface area contributed by atoms with E-state index in [1.807, 2.05) is 18.2 Å². The number of likely N-dealkylation sites (tertiary alicyclic amines) is 1. The van der Waals surface area contributed by atoms with Crippen molar-refractivity contribution in [1.29, 1.82) is 0 Å². The first kappa shape index (κ1) is 20.8. The van der Waals surface area contributed by atoms with Crippen molar-refractivity contribution in [1.82, 2.24) is 4.90 Å². The van der Waals surface area contributed by atoms with Crippen molar-refractivity contribution in [3.8, 4) is 11.5 Å². The molecule has 6 heteroatoms. The van der Waals surface area contributed by atoms with Gasteiger partial charge >= 0.3 is 0 Å². The van der Waals surface area contributed by atoms with Gasteiger partial charge in [-0.2, -0.15) is 0 Å². The van der Waals surface area contributed by atoms with Crippen molar-refractivity contribution < 1.29 is 14.3 Å². The number of benzene rings is 2. The highest BCUT2D eigenvalue weighted by Gasteiger charge is 2.34. The summed E-state index contributed by atoms with van der Waals surface area (Å²) >= 11 is 0. The molecule has 5 nitrogen and oxygen atoms in total. The molecule has 1 fully saturated rings. The molecule has 1 aliphatic rings. The Hall–Kier alpha value is -2.50. The van der Waals surface area contributed by atoms with E-state index in [4.69, 9.17) is 15.2 Å². The molecule has 0 bridgehead atoms. The van der Waals surface area contributed by atoms with E-state index in [-0.39, 0.29) is 30.3 Å². The normalized spacial score (nSPS) is 18.5. The highest BCUT2D eigenvalue weighted by molar-refractivity contribution is 5.95. The molecule has 2 aromatic carbocycles. The molecule has 1 heterocycles. The van der Waals surface area contributed by atoms with E-state index >= 15 is 0 Å². The minimum absolute atomic E-state index is 0. The number of halogens is 1. The monoisotopic (exact) mass is 388 g/mol. The van der Waals surface area contributed by atoms with Crippen LogP contribution in [0.2, 0.25) is 0 Å². The lowest BCUT2D eigenvalue weighted by atomic mass is 9.95. The molecular weight excluding hydrogens is 364 g/mol. The first-order valence-corrected chi connectivity index (χ1v) is 8.65. The van der Waals surface area contributed by atoms with E-state index in [2.05, 4.69) is 18.7 Å². The summed E-state index contributed by atoms with van der Waals surface area (Å²) in [7, 11) is 1.56. The third-order valence-corrected chi connectivity index (χ3v) is 4.65. The van der Waals surface area contributed by atoms with Crippen LogP contribution in [0.3, 0.4) is 0 Å². The standard InChI is InChI=1S/C21H24N2O3.ClH/c1-3-11-26-19-10-9-16(12-20(19)25-2)21(24)23-13-17(18(22)14-23)15-7-5-4-6-8-15;/h3-10,12,17-18H,1,11,13-14,22H2,2H3;1H/t17-,18+;/m0./s1. The maximum Gasteiger partial charge on any atom is 0.254 e. The molecule has 1 saturated heterocycles. The number of methoxy groups -OCH3 is 1. The molecule has 0 unspecified atom stereocenters. The fourth-order valence-electron chi connectivity index (χ4n) is 3.30. The minimum Gasteiger partial charge on any atom is -0.493 e. The lowest BCUT2D eigenvalue weighted by molar-refractivity contribution is 0.0788. The summed E-state index contributed by atoms with van der Waals surface area (Å²) in [4.78, 5) is 14.7. The van der Waals surface area contributed by atoms with Gasteiger partial charge in [0.25, 0.3) is 5.91 Å². The Morgan fingerprint density at radius 3 is 2.63 bits per heavy atom. The van der Waals surface area contributed by atoms with Gasteiger partial charge in [-0.1, -0.05) is 43.0 Å². The molecule has 3 rings (SSSR count). The van der Waals surface area contributed by atoms with Gasteiger partial charge in [-0.15, -0.1) is 12.4 Å². The molecule has 1 aliphatic heterocycles. The van der Waals surface area contributed by atoms with E-state index in [1.165, 1.54) is 5.56 Å². The molecule has 144 valence electrons. The van der Waals surface area contributed by atoms with Gasteiger partial charge in [0.2, 0.25) is 0 Å². The molecule has 2 atom stereocenters. The van der Waals surface area contributed by atoms with Crippen LogP contribution in [0.4, 0.5) is 0 Å². The number of nitrogens with two attached hydrogens (primary N) is 1. The Morgan fingerprint density at radius 2 is 1.96 bits per heavy atom. The number of ether oxygens (including phenoxy) is 2. The average Bonchev–Trinajstić information content (AvgIpc) is 3.08. The van der Waals surface area contributed by atoms with E-state index in [0.717, 1.165) is 0 Å². The predicted octanol–water partition coefficient (Wildman–Crippen LogP) is 3.25. The molecular formula is C21H25ClN2O3. The SMILES string of the molecule is C=CCOc1ccc(C(=O)N2C[C@@H](N)[C@H](c3ccccc3)C2)cc1OC.Cl. The summed E-state index contributed by atoms with van der Waals surface area (Å²) in [5.41, 5.74) is 8.04. The molecule has 0 saturated carbocycles. The average molecular weight is 389 g/mol. The number of rotatable bonds is 6. The van der Waals surface area contributed by atoms with Crippen molar-refractivity contribution in [3.63, 3.8) is 0 Å². The van der Waals surface area contributed by atoms with Crippen LogP contribution in [0.1, 0.15) is 21.8 Å². The van der Waals surface area contributed by atoms with Gasteiger partial charge in [-0.25, -0.2) is 0 Å². The second-order valence-corrected chi connectivity index (χ2v) is 6.36. The van der Waals surface area contributed by atoms with Gasteiger partial charge in [0.05, 0.1) is 7.11 Å². The van der Waals surface area contributed by atoms with Gasteiger partial charge < -0.3 is 20.1 Å². The molecule has 0 spiro atoms. The summed E-state index contributed by atoms with van der Waals surface area (Å²) in [6.45, 7) is 5.16.